The molecule has 1 atom stereocenters. The minimum Gasteiger partial charge on any atom is -0.378 e. The Morgan fingerprint density at radius 1 is 1.16 bits per heavy atom. The number of fused-ring (bicyclic) bond motifs is 1. The van der Waals surface area contributed by atoms with Gasteiger partial charge in [-0.25, -0.2) is 0 Å². The van der Waals surface area contributed by atoms with Crippen LogP contribution in [0.2, 0.25) is 0 Å². The number of aromatic nitrogens is 2. The van der Waals surface area contributed by atoms with Crippen LogP contribution in [0.4, 0.5) is 0 Å². The fourth-order valence-corrected chi connectivity index (χ4v) is 3.94. The van der Waals surface area contributed by atoms with Crippen LogP contribution in [0.3, 0.4) is 0 Å². The molecule has 2 N–H and O–H groups in total. The number of hydrogen-bond donors (Lipinski definition) is 2. The predicted molar refractivity (Wildman–Crippen MR) is 117 cm³/mol. The number of hydrogen-bond acceptors (Lipinski definition) is 4. The second-order valence-electron chi connectivity index (χ2n) is 7.54. The van der Waals surface area contributed by atoms with Gasteiger partial charge in [0.15, 0.2) is 0 Å². The summed E-state index contributed by atoms with van der Waals surface area (Å²) >= 11 is 0. The van der Waals surface area contributed by atoms with Crippen molar-refractivity contribution < 1.29 is 14.3 Å². The van der Waals surface area contributed by atoms with E-state index < -0.39 is 6.04 Å². The number of carbonyl (C=O) groups is 2. The van der Waals surface area contributed by atoms with E-state index in [1.54, 1.807) is 4.90 Å². The molecule has 162 valence electrons. The number of nitrogens with zero attached hydrogens (tertiary/aromatic N) is 2. The van der Waals surface area contributed by atoms with E-state index in [9.17, 15) is 14.4 Å². The van der Waals surface area contributed by atoms with Crippen LogP contribution in [0, 0.1) is 0 Å². The number of pyridine rings is 1. The van der Waals surface area contributed by atoms with Gasteiger partial charge in [-0.3, -0.25) is 14.4 Å². The Kier molecular flexibility index (Phi) is 6.18. The minimum absolute atomic E-state index is 0.168. The Bertz CT molecular complexity index is 1140. The lowest BCUT2D eigenvalue weighted by Gasteiger charge is -2.27. The zero-order valence-electron chi connectivity index (χ0n) is 17.5. The normalized spacial score (nSPS) is 15.1. The van der Waals surface area contributed by atoms with E-state index in [2.05, 4.69) is 10.3 Å². The number of ether oxygens (including phenoxy) is 1. The van der Waals surface area contributed by atoms with Gasteiger partial charge in [-0.15, -0.1) is 0 Å². The van der Waals surface area contributed by atoms with Crippen LogP contribution < -0.4 is 10.9 Å². The SMILES string of the molecule is CCNC(=O)C(Cc1c[nH]c2ccccc12)n1cc(C(=O)N2CCOCC2)ccc1=O. The van der Waals surface area contributed by atoms with E-state index >= 15 is 0 Å². The van der Waals surface area contributed by atoms with Crippen molar-refractivity contribution in [2.75, 3.05) is 32.8 Å². The average molecular weight is 422 g/mol. The number of H-pyrrole nitrogens is 1. The van der Waals surface area contributed by atoms with Gasteiger partial charge in [0.25, 0.3) is 11.5 Å². The van der Waals surface area contributed by atoms with Crippen molar-refractivity contribution in [3.8, 4) is 0 Å². The third-order valence-electron chi connectivity index (χ3n) is 5.56. The van der Waals surface area contributed by atoms with Crippen molar-refractivity contribution >= 4 is 22.7 Å². The molecule has 3 heterocycles. The van der Waals surface area contributed by atoms with Crippen LogP contribution in [-0.2, 0) is 16.0 Å². The molecule has 0 saturated carbocycles. The summed E-state index contributed by atoms with van der Waals surface area (Å²) in [5.41, 5.74) is 1.96. The molecule has 1 aromatic carbocycles. The van der Waals surface area contributed by atoms with Crippen LogP contribution in [0.15, 0.2) is 53.6 Å². The zero-order chi connectivity index (χ0) is 21.8. The molecule has 1 unspecified atom stereocenters. The molecule has 8 heteroatoms. The number of likely N-dealkylation sites (N-methyl/N-ethyl adjacent to an activating group) is 1. The maximum Gasteiger partial charge on any atom is 0.255 e. The summed E-state index contributed by atoms with van der Waals surface area (Å²) in [5, 5.41) is 3.83. The maximum atomic E-state index is 12.9. The van der Waals surface area contributed by atoms with Crippen LogP contribution in [0.1, 0.15) is 28.9 Å². The summed E-state index contributed by atoms with van der Waals surface area (Å²) in [6.07, 6.45) is 3.70. The molecule has 0 spiro atoms. The molecule has 4 rings (SSSR count). The van der Waals surface area contributed by atoms with E-state index in [1.165, 1.54) is 22.9 Å². The molecule has 1 fully saturated rings. The van der Waals surface area contributed by atoms with Gasteiger partial charge in [0.2, 0.25) is 5.91 Å². The Balaban J connectivity index is 1.70. The monoisotopic (exact) mass is 422 g/mol. The van der Waals surface area contributed by atoms with Gasteiger partial charge in [-0.2, -0.15) is 0 Å². The molecular formula is C23H26N4O4. The molecule has 2 aromatic heterocycles. The number of para-hydroxylation sites is 1. The fourth-order valence-electron chi connectivity index (χ4n) is 3.94. The van der Waals surface area contributed by atoms with Crippen molar-refractivity contribution in [2.45, 2.75) is 19.4 Å². The smallest absolute Gasteiger partial charge is 0.255 e. The molecule has 0 bridgehead atoms. The molecule has 1 aliphatic heterocycles. The standard InChI is InChI=1S/C23H26N4O4/c1-2-24-22(29)20(13-17-14-25-19-6-4-3-5-18(17)19)27-15-16(7-8-21(27)28)23(30)26-9-11-31-12-10-26/h3-8,14-15,20,25H,2,9-13H2,1H3,(H,24,29). The number of aromatic amines is 1. The molecule has 1 aliphatic rings. The van der Waals surface area contributed by atoms with Gasteiger partial charge in [0.05, 0.1) is 18.8 Å². The molecule has 3 aromatic rings. The molecular weight excluding hydrogens is 396 g/mol. The number of amides is 2. The van der Waals surface area contributed by atoms with Gasteiger partial charge in [0.1, 0.15) is 6.04 Å². The van der Waals surface area contributed by atoms with Gasteiger partial charge in [0, 0.05) is 55.4 Å². The summed E-state index contributed by atoms with van der Waals surface area (Å²) in [4.78, 5) is 43.5. The molecule has 0 aliphatic carbocycles. The maximum absolute atomic E-state index is 12.9. The van der Waals surface area contributed by atoms with E-state index in [4.69, 9.17) is 4.74 Å². The molecule has 1 saturated heterocycles. The predicted octanol–water partition coefficient (Wildman–Crippen LogP) is 1.72. The molecule has 8 nitrogen and oxygen atoms in total. The van der Waals surface area contributed by atoms with Crippen LogP contribution in [-0.4, -0.2) is 59.1 Å². The Morgan fingerprint density at radius 2 is 1.94 bits per heavy atom. The Labute approximate surface area is 179 Å². The molecule has 0 radical (unpaired) electrons. The first kappa shape index (κ1) is 20.9. The second-order valence-corrected chi connectivity index (χ2v) is 7.54. The van der Waals surface area contributed by atoms with Crippen molar-refractivity contribution in [2.24, 2.45) is 0 Å². The lowest BCUT2D eigenvalue weighted by Crippen LogP contribution is -2.42. The van der Waals surface area contributed by atoms with E-state index in [-0.39, 0.29) is 17.4 Å². The lowest BCUT2D eigenvalue weighted by atomic mass is 10.0. The van der Waals surface area contributed by atoms with Crippen LogP contribution in [0.5, 0.6) is 0 Å². The highest BCUT2D eigenvalue weighted by Crippen LogP contribution is 2.23. The summed E-state index contributed by atoms with van der Waals surface area (Å²) in [6, 6.07) is 9.94. The zero-order valence-corrected chi connectivity index (χ0v) is 17.5. The van der Waals surface area contributed by atoms with Gasteiger partial charge in [-0.1, -0.05) is 18.2 Å². The second kappa shape index (κ2) is 9.18. The highest BCUT2D eigenvalue weighted by Gasteiger charge is 2.25. The van der Waals surface area contributed by atoms with E-state index in [1.807, 2.05) is 37.4 Å². The number of carbonyl (C=O) groups excluding carboxylic acids is 2. The van der Waals surface area contributed by atoms with Crippen molar-refractivity contribution in [3.05, 3.63) is 70.3 Å². The lowest BCUT2D eigenvalue weighted by molar-refractivity contribution is -0.124. The fraction of sp³-hybridized carbons (Fsp3) is 0.348. The first-order chi connectivity index (χ1) is 15.1. The molecule has 31 heavy (non-hydrogen) atoms. The van der Waals surface area contributed by atoms with Crippen LogP contribution >= 0.6 is 0 Å². The quantitative estimate of drug-likeness (QED) is 0.632. The van der Waals surface area contributed by atoms with Crippen molar-refractivity contribution in [3.63, 3.8) is 0 Å². The summed E-state index contributed by atoms with van der Waals surface area (Å²) in [5.74, 6) is -0.426. The Morgan fingerprint density at radius 3 is 2.71 bits per heavy atom. The van der Waals surface area contributed by atoms with Crippen molar-refractivity contribution in [1.82, 2.24) is 19.8 Å². The van der Waals surface area contributed by atoms with Gasteiger partial charge in [-0.05, 0) is 24.6 Å². The average Bonchev–Trinajstić information content (AvgIpc) is 3.21. The summed E-state index contributed by atoms with van der Waals surface area (Å²) in [7, 11) is 0. The van der Waals surface area contributed by atoms with Gasteiger partial charge >= 0.3 is 0 Å². The topological polar surface area (TPSA) is 96.4 Å². The first-order valence-corrected chi connectivity index (χ1v) is 10.5. The van der Waals surface area contributed by atoms with Crippen molar-refractivity contribution in [1.29, 1.82) is 0 Å². The van der Waals surface area contributed by atoms with Crippen LogP contribution in [0.25, 0.3) is 10.9 Å². The highest BCUT2D eigenvalue weighted by molar-refractivity contribution is 5.94. The number of morpholine rings is 1. The minimum atomic E-state index is -0.774. The third-order valence-corrected chi connectivity index (χ3v) is 5.56. The number of rotatable bonds is 6. The number of benzene rings is 1. The molecule has 2 amide bonds. The Hall–Kier alpha value is -3.39. The summed E-state index contributed by atoms with van der Waals surface area (Å²) in [6.45, 7) is 4.28. The van der Waals surface area contributed by atoms with E-state index in [0.29, 0.717) is 44.8 Å². The van der Waals surface area contributed by atoms with Gasteiger partial charge < -0.3 is 24.5 Å². The highest BCUT2D eigenvalue weighted by atomic mass is 16.5. The third kappa shape index (κ3) is 4.39. The first-order valence-electron chi connectivity index (χ1n) is 10.5. The van der Waals surface area contributed by atoms with E-state index in [0.717, 1.165) is 16.5 Å². The number of nitrogens with one attached hydrogen (secondary N) is 2. The summed E-state index contributed by atoms with van der Waals surface area (Å²) < 4.78 is 6.69. The largest absolute Gasteiger partial charge is 0.378 e.